The van der Waals surface area contributed by atoms with Gasteiger partial charge in [-0.05, 0) is 86.5 Å². The van der Waals surface area contributed by atoms with Crippen LogP contribution in [0, 0.1) is 0 Å². The molecule has 0 unspecified atom stereocenters. The van der Waals surface area contributed by atoms with E-state index in [1.165, 1.54) is 86.6 Å². The lowest BCUT2D eigenvalue weighted by molar-refractivity contribution is 0.768. The van der Waals surface area contributed by atoms with E-state index in [2.05, 4.69) is 241 Å². The summed E-state index contributed by atoms with van der Waals surface area (Å²) in [5, 5.41) is 5.02. The van der Waals surface area contributed by atoms with Crippen LogP contribution < -0.4 is 4.90 Å². The Labute approximate surface area is 360 Å². The minimum Gasteiger partial charge on any atom is -0.309 e. The van der Waals surface area contributed by atoms with Crippen LogP contribution >= 0.6 is 11.3 Å². The zero-order chi connectivity index (χ0) is 40.3. The zero-order valence-corrected chi connectivity index (χ0v) is 34.2. The van der Waals surface area contributed by atoms with Gasteiger partial charge in [-0.1, -0.05) is 200 Å². The average Bonchev–Trinajstić information content (AvgIpc) is 3.86. The van der Waals surface area contributed by atoms with Crippen molar-refractivity contribution in [1.82, 2.24) is 0 Å². The van der Waals surface area contributed by atoms with E-state index < -0.39 is 5.41 Å². The predicted molar refractivity (Wildman–Crippen MR) is 260 cm³/mol. The first-order valence-electron chi connectivity index (χ1n) is 21.0. The number of thiophene rings is 1. The van der Waals surface area contributed by atoms with Crippen molar-refractivity contribution in [3.05, 3.63) is 259 Å². The first kappa shape index (κ1) is 35.4. The molecule has 61 heavy (non-hydrogen) atoms. The van der Waals surface area contributed by atoms with Gasteiger partial charge in [0.2, 0.25) is 0 Å². The normalized spacial score (nSPS) is 12.7. The van der Waals surface area contributed by atoms with Crippen molar-refractivity contribution in [2.24, 2.45) is 0 Å². The first-order valence-corrected chi connectivity index (χ1v) is 21.8. The molecule has 1 heterocycles. The van der Waals surface area contributed by atoms with E-state index in [-0.39, 0.29) is 0 Å². The molecule has 0 fully saturated rings. The molecule has 0 bridgehead atoms. The van der Waals surface area contributed by atoms with Crippen molar-refractivity contribution in [3.8, 4) is 33.4 Å². The summed E-state index contributed by atoms with van der Waals surface area (Å²) >= 11 is 1.89. The summed E-state index contributed by atoms with van der Waals surface area (Å²) in [6.45, 7) is 0. The summed E-state index contributed by atoms with van der Waals surface area (Å²) in [6.07, 6.45) is 0. The van der Waals surface area contributed by atoms with Crippen LogP contribution in [0.5, 0.6) is 0 Å². The standard InChI is InChI=1S/C59H39NS/c1-5-19-40(20-6-1)42-33-36-57-51(37-42)52-39-56(49-29-13-14-30-50(49)58(52)61-57)60(55-32-18-16-27-46(55)41-21-7-2-8-22-41)45-34-35-48-47-28-15-17-31-53(47)59(54(48)38-45,43-23-9-3-10-24-43)44-25-11-4-12-26-44/h1-39H. The van der Waals surface area contributed by atoms with Gasteiger partial charge >= 0.3 is 0 Å². The Hall–Kier alpha value is -7.52. The van der Waals surface area contributed by atoms with Crippen molar-refractivity contribution < 1.29 is 0 Å². The van der Waals surface area contributed by atoms with Crippen LogP contribution in [-0.4, -0.2) is 0 Å². The molecule has 0 saturated heterocycles. The van der Waals surface area contributed by atoms with Crippen molar-refractivity contribution in [2.75, 3.05) is 4.90 Å². The van der Waals surface area contributed by atoms with Gasteiger partial charge in [0, 0.05) is 42.2 Å². The highest BCUT2D eigenvalue weighted by Gasteiger charge is 2.46. The maximum absolute atomic E-state index is 2.54. The van der Waals surface area contributed by atoms with Crippen molar-refractivity contribution in [3.63, 3.8) is 0 Å². The van der Waals surface area contributed by atoms with Gasteiger partial charge in [0.25, 0.3) is 0 Å². The van der Waals surface area contributed by atoms with Crippen LogP contribution in [0.3, 0.4) is 0 Å². The topological polar surface area (TPSA) is 3.24 Å². The lowest BCUT2D eigenvalue weighted by Crippen LogP contribution is -2.28. The largest absolute Gasteiger partial charge is 0.309 e. The second-order valence-corrected chi connectivity index (χ2v) is 17.0. The smallest absolute Gasteiger partial charge is 0.0714 e. The number of benzene rings is 10. The summed E-state index contributed by atoms with van der Waals surface area (Å²) in [5.74, 6) is 0. The summed E-state index contributed by atoms with van der Waals surface area (Å²) in [4.78, 5) is 2.54. The molecule has 0 aliphatic heterocycles. The van der Waals surface area contributed by atoms with Gasteiger partial charge in [-0.15, -0.1) is 11.3 Å². The number of rotatable bonds is 7. The summed E-state index contributed by atoms with van der Waals surface area (Å²) in [5.41, 5.74) is 15.3. The Bertz CT molecular complexity index is 3370. The maximum Gasteiger partial charge on any atom is 0.0714 e. The molecule has 0 N–H and O–H groups in total. The Balaban J connectivity index is 1.19. The van der Waals surface area contributed by atoms with Gasteiger partial charge in [0.1, 0.15) is 0 Å². The number of hydrogen-bond donors (Lipinski definition) is 0. The molecule has 1 aliphatic rings. The summed E-state index contributed by atoms with van der Waals surface area (Å²) in [6, 6.07) is 87.4. The fourth-order valence-corrected chi connectivity index (χ4v) is 11.3. The molecule has 0 amide bonds. The Morgan fingerprint density at radius 1 is 0.328 bits per heavy atom. The highest BCUT2D eigenvalue weighted by Crippen LogP contribution is 2.58. The minimum absolute atomic E-state index is 0.529. The molecule has 0 saturated carbocycles. The third kappa shape index (κ3) is 5.53. The summed E-state index contributed by atoms with van der Waals surface area (Å²) in [7, 11) is 0. The van der Waals surface area contributed by atoms with E-state index in [0.29, 0.717) is 0 Å². The van der Waals surface area contributed by atoms with Gasteiger partial charge in [-0.25, -0.2) is 0 Å². The highest BCUT2D eigenvalue weighted by molar-refractivity contribution is 7.26. The number of anilines is 3. The van der Waals surface area contributed by atoms with E-state index in [0.717, 1.165) is 17.1 Å². The number of para-hydroxylation sites is 1. The Morgan fingerprint density at radius 3 is 1.62 bits per heavy atom. The van der Waals surface area contributed by atoms with Gasteiger partial charge in [-0.2, -0.15) is 0 Å². The van der Waals surface area contributed by atoms with Crippen molar-refractivity contribution in [1.29, 1.82) is 0 Å². The molecule has 0 spiro atoms. The van der Waals surface area contributed by atoms with E-state index in [9.17, 15) is 0 Å². The van der Waals surface area contributed by atoms with Gasteiger partial charge in [-0.3, -0.25) is 0 Å². The minimum atomic E-state index is -0.529. The second kappa shape index (κ2) is 14.3. The van der Waals surface area contributed by atoms with Crippen LogP contribution in [-0.2, 0) is 5.41 Å². The van der Waals surface area contributed by atoms with Crippen LogP contribution in [0.15, 0.2) is 237 Å². The molecule has 11 aromatic rings. The molecule has 0 radical (unpaired) electrons. The molecule has 0 atom stereocenters. The Morgan fingerprint density at radius 2 is 0.902 bits per heavy atom. The predicted octanol–water partition coefficient (Wildman–Crippen LogP) is 16.4. The molecule has 1 aliphatic carbocycles. The molecular formula is C59H39NS. The lowest BCUT2D eigenvalue weighted by atomic mass is 9.67. The van der Waals surface area contributed by atoms with Crippen molar-refractivity contribution in [2.45, 2.75) is 5.41 Å². The molecule has 286 valence electrons. The van der Waals surface area contributed by atoms with E-state index in [1.54, 1.807) is 0 Å². The molecule has 12 rings (SSSR count). The van der Waals surface area contributed by atoms with Gasteiger partial charge in [0.15, 0.2) is 0 Å². The average molecular weight is 794 g/mol. The van der Waals surface area contributed by atoms with Gasteiger partial charge in [0.05, 0.1) is 16.8 Å². The summed E-state index contributed by atoms with van der Waals surface area (Å²) < 4.78 is 2.60. The number of nitrogens with zero attached hydrogens (tertiary/aromatic N) is 1. The molecule has 2 heteroatoms. The molecule has 10 aromatic carbocycles. The first-order chi connectivity index (χ1) is 30.3. The monoisotopic (exact) mass is 793 g/mol. The van der Waals surface area contributed by atoms with Crippen LogP contribution in [0.4, 0.5) is 17.1 Å². The third-order valence-corrected chi connectivity index (χ3v) is 14.0. The molecule has 1 nitrogen and oxygen atoms in total. The third-order valence-electron chi connectivity index (χ3n) is 12.7. The van der Waals surface area contributed by atoms with Crippen LogP contribution in [0.25, 0.3) is 64.3 Å². The quantitative estimate of drug-likeness (QED) is 0.155. The molecular weight excluding hydrogens is 755 g/mol. The number of fused-ring (bicyclic) bond motifs is 8. The Kier molecular flexibility index (Phi) is 8.33. The fourth-order valence-electron chi connectivity index (χ4n) is 10.1. The van der Waals surface area contributed by atoms with Crippen LogP contribution in [0.2, 0.25) is 0 Å². The highest BCUT2D eigenvalue weighted by atomic mass is 32.1. The second-order valence-electron chi connectivity index (χ2n) is 16.0. The maximum atomic E-state index is 2.54. The zero-order valence-electron chi connectivity index (χ0n) is 33.4. The van der Waals surface area contributed by atoms with Crippen LogP contribution in [0.1, 0.15) is 22.3 Å². The SMILES string of the molecule is c1ccc(-c2ccc3sc4c5ccccc5c(N(c5ccc6c(c5)C(c5ccccc5)(c5ccccc5)c5ccccc5-6)c5ccccc5-c5ccccc5)cc4c3c2)cc1. The lowest BCUT2D eigenvalue weighted by Gasteiger charge is -2.35. The number of hydrogen-bond acceptors (Lipinski definition) is 2. The molecule has 1 aromatic heterocycles. The van der Waals surface area contributed by atoms with Crippen molar-refractivity contribution >= 4 is 59.3 Å². The van der Waals surface area contributed by atoms with E-state index in [1.807, 2.05) is 11.3 Å². The van der Waals surface area contributed by atoms with E-state index >= 15 is 0 Å². The fraction of sp³-hybridized carbons (Fsp3) is 0.0169. The van der Waals surface area contributed by atoms with E-state index in [4.69, 9.17) is 0 Å². The van der Waals surface area contributed by atoms with Gasteiger partial charge < -0.3 is 4.90 Å².